The Labute approximate surface area is 86.3 Å². The Morgan fingerprint density at radius 3 is 1.86 bits per heavy atom. The average Bonchev–Trinajstić information content (AvgIpc) is 2.15. The van der Waals surface area contributed by atoms with Gasteiger partial charge in [-0.05, 0) is 19.3 Å². The second-order valence-electron chi connectivity index (χ2n) is 3.58. The quantitative estimate of drug-likeness (QED) is 0.710. The molecule has 14 heavy (non-hydrogen) atoms. The van der Waals surface area contributed by atoms with Gasteiger partial charge in [0.15, 0.2) is 5.78 Å². The van der Waals surface area contributed by atoms with Crippen LogP contribution in [0.5, 0.6) is 0 Å². The topological polar surface area (TPSA) is 46.2 Å². The summed E-state index contributed by atoms with van der Waals surface area (Å²) in [4.78, 5) is 22.7. The Morgan fingerprint density at radius 2 is 1.57 bits per heavy atom. The summed E-state index contributed by atoms with van der Waals surface area (Å²) in [5, 5.41) is 2.69. The average molecular weight is 199 g/mol. The molecule has 3 heteroatoms. The lowest BCUT2D eigenvalue weighted by molar-refractivity contribution is -0.129. The lowest BCUT2D eigenvalue weighted by Gasteiger charge is -2.19. The molecule has 3 nitrogen and oxygen atoms in total. The van der Waals surface area contributed by atoms with Crippen LogP contribution in [-0.2, 0) is 9.59 Å². The highest BCUT2D eigenvalue weighted by molar-refractivity contribution is 5.89. The minimum absolute atomic E-state index is 0.0896. The first kappa shape index (κ1) is 13.1. The van der Waals surface area contributed by atoms with Gasteiger partial charge in [0, 0.05) is 12.8 Å². The molecule has 0 radical (unpaired) electrons. The molecular formula is C11H21NO2. The van der Waals surface area contributed by atoms with Gasteiger partial charge in [0.2, 0.25) is 5.91 Å². The second kappa shape index (κ2) is 6.57. The van der Waals surface area contributed by atoms with Crippen LogP contribution < -0.4 is 5.32 Å². The van der Waals surface area contributed by atoms with E-state index in [-0.39, 0.29) is 23.7 Å². The van der Waals surface area contributed by atoms with Crippen molar-refractivity contribution in [1.82, 2.24) is 5.32 Å². The standard InChI is InChI=1S/C11H21NO2/c1-5-9(6-2)11(14)10(7-3)12-8(4)13/h9-10H,5-7H2,1-4H3,(H,12,13)/t10-/m0/s1. The number of nitrogens with one attached hydrogen (secondary N) is 1. The van der Waals surface area contributed by atoms with E-state index in [0.29, 0.717) is 6.42 Å². The highest BCUT2D eigenvalue weighted by Crippen LogP contribution is 2.12. The number of ketones is 1. The fraction of sp³-hybridized carbons (Fsp3) is 0.818. The second-order valence-corrected chi connectivity index (χ2v) is 3.58. The third-order valence-corrected chi connectivity index (χ3v) is 2.52. The van der Waals surface area contributed by atoms with E-state index >= 15 is 0 Å². The summed E-state index contributed by atoms with van der Waals surface area (Å²) in [5.41, 5.74) is 0. The predicted molar refractivity (Wildman–Crippen MR) is 57.0 cm³/mol. The van der Waals surface area contributed by atoms with Crippen LogP contribution in [0, 0.1) is 5.92 Å². The Bertz CT molecular complexity index is 197. The van der Waals surface area contributed by atoms with Gasteiger partial charge in [0.25, 0.3) is 0 Å². The van der Waals surface area contributed by atoms with Crippen LogP contribution in [-0.4, -0.2) is 17.7 Å². The van der Waals surface area contributed by atoms with Gasteiger partial charge in [-0.3, -0.25) is 9.59 Å². The maximum absolute atomic E-state index is 11.9. The Kier molecular flexibility index (Phi) is 6.17. The molecule has 0 saturated heterocycles. The molecule has 82 valence electrons. The number of rotatable bonds is 6. The molecule has 0 spiro atoms. The van der Waals surface area contributed by atoms with E-state index in [9.17, 15) is 9.59 Å². The Balaban J connectivity index is 4.35. The molecule has 0 bridgehead atoms. The van der Waals surface area contributed by atoms with Gasteiger partial charge in [-0.1, -0.05) is 20.8 Å². The van der Waals surface area contributed by atoms with Crippen LogP contribution in [0.2, 0.25) is 0 Å². The summed E-state index contributed by atoms with van der Waals surface area (Å²) in [6, 6.07) is -0.294. The zero-order valence-electron chi connectivity index (χ0n) is 9.59. The molecule has 0 aliphatic heterocycles. The molecule has 1 amide bonds. The van der Waals surface area contributed by atoms with Crippen molar-refractivity contribution < 1.29 is 9.59 Å². The molecular weight excluding hydrogens is 178 g/mol. The monoisotopic (exact) mass is 199 g/mol. The molecule has 0 aliphatic rings. The van der Waals surface area contributed by atoms with Gasteiger partial charge in [-0.15, -0.1) is 0 Å². The number of hydrogen-bond donors (Lipinski definition) is 1. The highest BCUT2D eigenvalue weighted by atomic mass is 16.2. The van der Waals surface area contributed by atoms with Crippen molar-refractivity contribution in [2.45, 2.75) is 53.0 Å². The number of hydrogen-bond acceptors (Lipinski definition) is 2. The van der Waals surface area contributed by atoms with Crippen molar-refractivity contribution in [2.75, 3.05) is 0 Å². The molecule has 0 aromatic heterocycles. The first-order chi connectivity index (χ1) is 6.56. The SMILES string of the molecule is CCC(CC)C(=O)[C@H](CC)NC(C)=O. The van der Waals surface area contributed by atoms with Crippen molar-refractivity contribution >= 4 is 11.7 Å². The summed E-state index contributed by atoms with van der Waals surface area (Å²) in [7, 11) is 0. The summed E-state index contributed by atoms with van der Waals surface area (Å²) in [5.74, 6) is 0.135. The minimum Gasteiger partial charge on any atom is -0.347 e. The van der Waals surface area contributed by atoms with Crippen molar-refractivity contribution in [3.05, 3.63) is 0 Å². The van der Waals surface area contributed by atoms with Gasteiger partial charge in [-0.25, -0.2) is 0 Å². The van der Waals surface area contributed by atoms with E-state index in [4.69, 9.17) is 0 Å². The van der Waals surface area contributed by atoms with Gasteiger partial charge in [0.1, 0.15) is 0 Å². The first-order valence-electron chi connectivity index (χ1n) is 5.37. The molecule has 0 aromatic rings. The van der Waals surface area contributed by atoms with E-state index in [1.807, 2.05) is 20.8 Å². The third kappa shape index (κ3) is 3.90. The molecule has 0 heterocycles. The zero-order chi connectivity index (χ0) is 11.1. The minimum atomic E-state index is -0.294. The first-order valence-corrected chi connectivity index (χ1v) is 5.37. The molecule has 0 unspecified atom stereocenters. The van der Waals surface area contributed by atoms with Crippen LogP contribution in [0.1, 0.15) is 47.0 Å². The van der Waals surface area contributed by atoms with Gasteiger partial charge in [-0.2, -0.15) is 0 Å². The largest absolute Gasteiger partial charge is 0.347 e. The van der Waals surface area contributed by atoms with Crippen LogP contribution in [0.3, 0.4) is 0 Å². The summed E-state index contributed by atoms with van der Waals surface area (Å²) < 4.78 is 0. The smallest absolute Gasteiger partial charge is 0.217 e. The fourth-order valence-corrected chi connectivity index (χ4v) is 1.60. The van der Waals surface area contributed by atoms with Crippen molar-refractivity contribution in [2.24, 2.45) is 5.92 Å². The predicted octanol–water partition coefficient (Wildman–Crippen LogP) is 1.91. The van der Waals surface area contributed by atoms with Gasteiger partial charge in [0.05, 0.1) is 6.04 Å². The number of carbonyl (C=O) groups is 2. The van der Waals surface area contributed by atoms with Gasteiger partial charge >= 0.3 is 0 Å². The number of amides is 1. The van der Waals surface area contributed by atoms with Crippen molar-refractivity contribution in [3.8, 4) is 0 Å². The zero-order valence-corrected chi connectivity index (χ0v) is 9.59. The maximum Gasteiger partial charge on any atom is 0.217 e. The van der Waals surface area contributed by atoms with Crippen molar-refractivity contribution in [1.29, 1.82) is 0 Å². The van der Waals surface area contributed by atoms with Crippen LogP contribution in [0.15, 0.2) is 0 Å². The molecule has 0 aliphatic carbocycles. The normalized spacial score (nSPS) is 12.6. The van der Waals surface area contributed by atoms with E-state index in [2.05, 4.69) is 5.32 Å². The number of carbonyl (C=O) groups excluding carboxylic acids is 2. The highest BCUT2D eigenvalue weighted by Gasteiger charge is 2.23. The Hall–Kier alpha value is -0.860. The van der Waals surface area contributed by atoms with E-state index in [0.717, 1.165) is 12.8 Å². The van der Waals surface area contributed by atoms with E-state index in [1.54, 1.807) is 0 Å². The summed E-state index contributed by atoms with van der Waals surface area (Å²) >= 11 is 0. The lowest BCUT2D eigenvalue weighted by Crippen LogP contribution is -2.42. The molecule has 0 saturated carbocycles. The van der Waals surface area contributed by atoms with E-state index < -0.39 is 0 Å². The van der Waals surface area contributed by atoms with Crippen LogP contribution in [0.4, 0.5) is 0 Å². The van der Waals surface area contributed by atoms with Crippen LogP contribution >= 0.6 is 0 Å². The maximum atomic E-state index is 11.9. The summed E-state index contributed by atoms with van der Waals surface area (Å²) in [6.07, 6.45) is 2.38. The van der Waals surface area contributed by atoms with Crippen molar-refractivity contribution in [3.63, 3.8) is 0 Å². The Morgan fingerprint density at radius 1 is 1.07 bits per heavy atom. The van der Waals surface area contributed by atoms with E-state index in [1.165, 1.54) is 6.92 Å². The molecule has 0 aromatic carbocycles. The molecule has 0 fully saturated rings. The van der Waals surface area contributed by atoms with Crippen LogP contribution in [0.25, 0.3) is 0 Å². The molecule has 0 rings (SSSR count). The molecule has 1 atom stereocenters. The lowest BCUT2D eigenvalue weighted by atomic mass is 9.92. The summed E-state index contributed by atoms with van der Waals surface area (Å²) in [6.45, 7) is 7.38. The third-order valence-electron chi connectivity index (χ3n) is 2.52. The van der Waals surface area contributed by atoms with Gasteiger partial charge < -0.3 is 5.32 Å². The molecule has 1 N–H and O–H groups in total. The fourth-order valence-electron chi connectivity index (χ4n) is 1.60. The number of Topliss-reactive ketones (excluding diaryl/α,β-unsaturated/α-hetero) is 1.